The van der Waals surface area contributed by atoms with E-state index in [1.807, 2.05) is 0 Å². The first-order valence-corrected chi connectivity index (χ1v) is 10.0. The van der Waals surface area contributed by atoms with Crippen LogP contribution in [0, 0.1) is 0 Å². The summed E-state index contributed by atoms with van der Waals surface area (Å²) in [6.07, 6.45) is 21.7. The maximum atomic E-state index is 2.71. The summed E-state index contributed by atoms with van der Waals surface area (Å²) in [6, 6.07) is 1.80. The van der Waals surface area contributed by atoms with Crippen molar-refractivity contribution >= 4 is 0 Å². The third-order valence-electron chi connectivity index (χ3n) is 5.52. The molecule has 1 nitrogen and oxygen atoms in total. The molecular weight excluding hydrogens is 254 g/mol. The van der Waals surface area contributed by atoms with Crippen molar-refractivity contribution < 1.29 is 0 Å². The zero-order valence-corrected chi connectivity index (χ0v) is 15.2. The molecule has 0 aromatic rings. The highest BCUT2D eigenvalue weighted by Gasteiger charge is 2.28. The topological polar surface area (TPSA) is 3.24 Å². The van der Waals surface area contributed by atoms with E-state index in [2.05, 4.69) is 25.8 Å². The fourth-order valence-corrected chi connectivity index (χ4v) is 3.92. The largest absolute Gasteiger partial charge is 0.300 e. The third-order valence-corrected chi connectivity index (χ3v) is 5.52. The highest BCUT2D eigenvalue weighted by Crippen LogP contribution is 2.29. The van der Waals surface area contributed by atoms with Crippen molar-refractivity contribution in [3.8, 4) is 0 Å². The fraction of sp³-hybridized carbons (Fsp3) is 1.00. The molecule has 0 bridgehead atoms. The van der Waals surface area contributed by atoms with Crippen LogP contribution in [0.1, 0.15) is 110 Å². The van der Waals surface area contributed by atoms with Gasteiger partial charge in [0.2, 0.25) is 0 Å². The molecule has 0 N–H and O–H groups in total. The number of unbranched alkanes of at least 4 members (excludes halogenated alkanes) is 9. The molecule has 1 aliphatic heterocycles. The van der Waals surface area contributed by atoms with E-state index in [0.717, 1.165) is 12.1 Å². The highest BCUT2D eigenvalue weighted by molar-refractivity contribution is 4.84. The zero-order valence-electron chi connectivity index (χ0n) is 15.2. The fourth-order valence-electron chi connectivity index (χ4n) is 3.92. The molecule has 1 rings (SSSR count). The summed E-state index contributed by atoms with van der Waals surface area (Å²) in [5, 5.41) is 0. The Hall–Kier alpha value is -0.0400. The van der Waals surface area contributed by atoms with Crippen molar-refractivity contribution in [3.63, 3.8) is 0 Å². The first kappa shape index (κ1) is 19.0. The van der Waals surface area contributed by atoms with E-state index in [1.165, 1.54) is 96.3 Å². The molecule has 0 aromatic heterocycles. The van der Waals surface area contributed by atoms with Crippen LogP contribution in [0.25, 0.3) is 0 Å². The standard InChI is InChI=1S/C20H41N/c1-4-6-8-9-10-11-12-13-14-16-20-18-17-19(21(20)3)15-7-5-2/h19-20H,4-18H2,1-3H3. The van der Waals surface area contributed by atoms with Crippen LogP contribution in [-0.4, -0.2) is 24.0 Å². The quantitative estimate of drug-likeness (QED) is 0.348. The van der Waals surface area contributed by atoms with Crippen molar-refractivity contribution in [3.05, 3.63) is 0 Å². The Kier molecular flexibility index (Phi) is 11.3. The average molecular weight is 296 g/mol. The van der Waals surface area contributed by atoms with Crippen LogP contribution in [0.2, 0.25) is 0 Å². The van der Waals surface area contributed by atoms with E-state index in [1.54, 1.807) is 0 Å². The van der Waals surface area contributed by atoms with Crippen LogP contribution in [0.15, 0.2) is 0 Å². The number of rotatable bonds is 13. The van der Waals surface area contributed by atoms with Gasteiger partial charge < -0.3 is 4.90 Å². The van der Waals surface area contributed by atoms with Crippen LogP contribution in [-0.2, 0) is 0 Å². The lowest BCUT2D eigenvalue weighted by Crippen LogP contribution is -2.32. The molecular formula is C20H41N. The molecule has 0 aliphatic carbocycles. The molecule has 1 heterocycles. The predicted molar refractivity (Wildman–Crippen MR) is 95.9 cm³/mol. The van der Waals surface area contributed by atoms with Gasteiger partial charge in [-0.2, -0.15) is 0 Å². The molecule has 0 saturated carbocycles. The van der Waals surface area contributed by atoms with Gasteiger partial charge in [0, 0.05) is 12.1 Å². The van der Waals surface area contributed by atoms with Crippen molar-refractivity contribution in [1.82, 2.24) is 4.90 Å². The Balaban J connectivity index is 1.93. The minimum Gasteiger partial charge on any atom is -0.300 e. The average Bonchev–Trinajstić information content (AvgIpc) is 2.84. The van der Waals surface area contributed by atoms with Crippen molar-refractivity contribution in [2.24, 2.45) is 0 Å². The maximum absolute atomic E-state index is 2.71. The third kappa shape index (κ3) is 8.24. The predicted octanol–water partition coefficient (Wildman–Crippen LogP) is 6.56. The Labute approximate surface area is 134 Å². The van der Waals surface area contributed by atoms with Gasteiger partial charge in [-0.15, -0.1) is 0 Å². The maximum Gasteiger partial charge on any atom is 0.00957 e. The van der Waals surface area contributed by atoms with Crippen LogP contribution < -0.4 is 0 Å². The van der Waals surface area contributed by atoms with E-state index in [0.29, 0.717) is 0 Å². The van der Waals surface area contributed by atoms with Crippen molar-refractivity contribution in [2.75, 3.05) is 7.05 Å². The van der Waals surface area contributed by atoms with Crippen molar-refractivity contribution in [1.29, 1.82) is 0 Å². The van der Waals surface area contributed by atoms with Gasteiger partial charge in [0.15, 0.2) is 0 Å². The molecule has 0 aromatic carbocycles. The Morgan fingerprint density at radius 1 is 0.619 bits per heavy atom. The Morgan fingerprint density at radius 3 is 1.57 bits per heavy atom. The lowest BCUT2D eigenvalue weighted by molar-refractivity contribution is 0.216. The van der Waals surface area contributed by atoms with Gasteiger partial charge in [0.1, 0.15) is 0 Å². The normalized spacial score (nSPS) is 23.0. The summed E-state index contributed by atoms with van der Waals surface area (Å²) >= 11 is 0. The van der Waals surface area contributed by atoms with E-state index in [4.69, 9.17) is 0 Å². The molecule has 0 spiro atoms. The van der Waals surface area contributed by atoms with E-state index >= 15 is 0 Å². The van der Waals surface area contributed by atoms with Gasteiger partial charge in [-0.1, -0.05) is 84.5 Å². The first-order valence-electron chi connectivity index (χ1n) is 10.0. The lowest BCUT2D eigenvalue weighted by Gasteiger charge is -2.25. The molecule has 2 unspecified atom stereocenters. The smallest absolute Gasteiger partial charge is 0.00957 e. The Morgan fingerprint density at radius 2 is 1.05 bits per heavy atom. The summed E-state index contributed by atoms with van der Waals surface area (Å²) in [5.74, 6) is 0. The minimum absolute atomic E-state index is 0.897. The number of hydrogen-bond donors (Lipinski definition) is 0. The van der Waals surface area contributed by atoms with Crippen LogP contribution in [0.3, 0.4) is 0 Å². The van der Waals surface area contributed by atoms with E-state index in [9.17, 15) is 0 Å². The zero-order chi connectivity index (χ0) is 15.3. The number of nitrogens with zero attached hydrogens (tertiary/aromatic N) is 1. The minimum atomic E-state index is 0.897. The summed E-state index contributed by atoms with van der Waals surface area (Å²) in [6.45, 7) is 4.61. The lowest BCUT2D eigenvalue weighted by atomic mass is 10.0. The monoisotopic (exact) mass is 295 g/mol. The summed E-state index contributed by atoms with van der Waals surface area (Å²) in [7, 11) is 2.38. The van der Waals surface area contributed by atoms with Crippen LogP contribution in [0.5, 0.6) is 0 Å². The molecule has 0 amide bonds. The van der Waals surface area contributed by atoms with Gasteiger partial charge in [-0.3, -0.25) is 0 Å². The first-order chi connectivity index (χ1) is 10.3. The molecule has 1 fully saturated rings. The van der Waals surface area contributed by atoms with E-state index < -0.39 is 0 Å². The number of hydrogen-bond acceptors (Lipinski definition) is 1. The molecule has 2 atom stereocenters. The molecule has 0 radical (unpaired) electrons. The molecule has 126 valence electrons. The SMILES string of the molecule is CCCCCCCCCCCC1CCC(CCCC)N1C. The van der Waals surface area contributed by atoms with Gasteiger partial charge in [-0.25, -0.2) is 0 Å². The molecule has 1 saturated heterocycles. The van der Waals surface area contributed by atoms with Crippen LogP contribution in [0.4, 0.5) is 0 Å². The van der Waals surface area contributed by atoms with Crippen LogP contribution >= 0.6 is 0 Å². The highest BCUT2D eigenvalue weighted by atomic mass is 15.2. The second-order valence-electron chi connectivity index (χ2n) is 7.31. The molecule has 21 heavy (non-hydrogen) atoms. The molecule has 1 aliphatic rings. The van der Waals surface area contributed by atoms with Gasteiger partial charge >= 0.3 is 0 Å². The summed E-state index contributed by atoms with van der Waals surface area (Å²) in [4.78, 5) is 2.71. The second-order valence-corrected chi connectivity index (χ2v) is 7.31. The van der Waals surface area contributed by atoms with Crippen molar-refractivity contribution in [2.45, 2.75) is 122 Å². The van der Waals surface area contributed by atoms with Gasteiger partial charge in [0.25, 0.3) is 0 Å². The van der Waals surface area contributed by atoms with E-state index in [-0.39, 0.29) is 0 Å². The van der Waals surface area contributed by atoms with Gasteiger partial charge in [-0.05, 0) is 32.7 Å². The summed E-state index contributed by atoms with van der Waals surface area (Å²) < 4.78 is 0. The molecule has 1 heteroatoms. The van der Waals surface area contributed by atoms with Gasteiger partial charge in [0.05, 0.1) is 0 Å². The Bertz CT molecular complexity index is 226. The number of likely N-dealkylation sites (tertiary alicyclic amines) is 1. The summed E-state index contributed by atoms with van der Waals surface area (Å²) in [5.41, 5.74) is 0. The second kappa shape index (κ2) is 12.5.